The highest BCUT2D eigenvalue weighted by molar-refractivity contribution is 8.00. The Hall–Kier alpha value is -2.55. The Morgan fingerprint density at radius 1 is 1.36 bits per heavy atom. The summed E-state index contributed by atoms with van der Waals surface area (Å²) in [6, 6.07) is 6.47. The van der Waals surface area contributed by atoms with E-state index in [0.29, 0.717) is 28.4 Å². The average Bonchev–Trinajstić information content (AvgIpc) is 3.01. The molecule has 0 aliphatic heterocycles. The van der Waals surface area contributed by atoms with Gasteiger partial charge in [-0.05, 0) is 19.9 Å². The van der Waals surface area contributed by atoms with Gasteiger partial charge in [-0.1, -0.05) is 35.2 Å². The third-order valence-corrected chi connectivity index (χ3v) is 4.52. The van der Waals surface area contributed by atoms with Crippen LogP contribution >= 0.6 is 11.8 Å². The molecule has 3 aromatic rings. The van der Waals surface area contributed by atoms with Crippen LogP contribution in [-0.4, -0.2) is 42.8 Å². The Morgan fingerprint density at radius 3 is 2.92 bits per heavy atom. The van der Waals surface area contributed by atoms with E-state index in [9.17, 15) is 9.18 Å². The minimum Gasteiger partial charge on any atom is -0.465 e. The SMILES string of the molecule is CCOC(=O)[C@@H](C)Sc1ncnc2c1nnn2Cc1ccccc1F. The first-order chi connectivity index (χ1) is 12.1. The lowest BCUT2D eigenvalue weighted by atomic mass is 10.2. The quantitative estimate of drug-likeness (QED) is 0.379. The normalized spacial score (nSPS) is 12.3. The van der Waals surface area contributed by atoms with Crippen LogP contribution < -0.4 is 0 Å². The molecule has 0 spiro atoms. The zero-order chi connectivity index (χ0) is 17.8. The number of carbonyl (C=O) groups is 1. The van der Waals surface area contributed by atoms with Crippen LogP contribution in [0.4, 0.5) is 4.39 Å². The Morgan fingerprint density at radius 2 is 2.16 bits per heavy atom. The van der Waals surface area contributed by atoms with Gasteiger partial charge in [0.05, 0.1) is 13.2 Å². The lowest BCUT2D eigenvalue weighted by molar-refractivity contribution is -0.142. The number of rotatable bonds is 6. The van der Waals surface area contributed by atoms with Gasteiger partial charge in [0.2, 0.25) is 0 Å². The van der Waals surface area contributed by atoms with Crippen LogP contribution in [0.5, 0.6) is 0 Å². The van der Waals surface area contributed by atoms with Crippen molar-refractivity contribution < 1.29 is 13.9 Å². The highest BCUT2D eigenvalue weighted by Crippen LogP contribution is 2.27. The summed E-state index contributed by atoms with van der Waals surface area (Å²) in [5, 5.41) is 8.24. The van der Waals surface area contributed by atoms with Gasteiger partial charge >= 0.3 is 5.97 Å². The van der Waals surface area contributed by atoms with Gasteiger partial charge < -0.3 is 4.74 Å². The molecule has 0 saturated carbocycles. The first-order valence-corrected chi connectivity index (χ1v) is 8.59. The van der Waals surface area contributed by atoms with E-state index >= 15 is 0 Å². The largest absolute Gasteiger partial charge is 0.465 e. The molecule has 0 fully saturated rings. The van der Waals surface area contributed by atoms with Gasteiger partial charge in [-0.15, -0.1) is 5.10 Å². The minimum atomic E-state index is -0.435. The number of halogens is 1. The maximum Gasteiger partial charge on any atom is 0.319 e. The van der Waals surface area contributed by atoms with Crippen molar-refractivity contribution in [2.45, 2.75) is 30.7 Å². The first-order valence-electron chi connectivity index (χ1n) is 7.71. The zero-order valence-electron chi connectivity index (χ0n) is 13.7. The second-order valence-electron chi connectivity index (χ2n) is 5.20. The number of thioether (sulfide) groups is 1. The van der Waals surface area contributed by atoms with Gasteiger partial charge in [-0.25, -0.2) is 19.0 Å². The number of carbonyl (C=O) groups excluding carboxylic acids is 1. The van der Waals surface area contributed by atoms with Crippen molar-refractivity contribution in [1.82, 2.24) is 25.0 Å². The van der Waals surface area contributed by atoms with Crippen molar-refractivity contribution in [3.8, 4) is 0 Å². The van der Waals surface area contributed by atoms with Crippen LogP contribution in [0.3, 0.4) is 0 Å². The molecule has 25 heavy (non-hydrogen) atoms. The fraction of sp³-hybridized carbons (Fsp3) is 0.312. The molecule has 0 saturated heterocycles. The molecule has 9 heteroatoms. The van der Waals surface area contributed by atoms with E-state index in [2.05, 4.69) is 20.3 Å². The summed E-state index contributed by atoms with van der Waals surface area (Å²) in [5.74, 6) is -0.635. The fourth-order valence-corrected chi connectivity index (χ4v) is 3.08. The second kappa shape index (κ2) is 7.56. The molecule has 1 atom stereocenters. The van der Waals surface area contributed by atoms with E-state index in [0.717, 1.165) is 0 Å². The highest BCUT2D eigenvalue weighted by atomic mass is 32.2. The van der Waals surface area contributed by atoms with Crippen molar-refractivity contribution in [2.75, 3.05) is 6.61 Å². The molecule has 7 nitrogen and oxygen atoms in total. The van der Waals surface area contributed by atoms with Gasteiger partial charge in [-0.3, -0.25) is 4.79 Å². The van der Waals surface area contributed by atoms with Gasteiger partial charge in [0, 0.05) is 5.56 Å². The van der Waals surface area contributed by atoms with E-state index in [-0.39, 0.29) is 18.3 Å². The van der Waals surface area contributed by atoms with Gasteiger partial charge in [0.1, 0.15) is 22.4 Å². The molecule has 2 aromatic heterocycles. The number of hydrogen-bond donors (Lipinski definition) is 0. The molecule has 0 N–H and O–H groups in total. The van der Waals surface area contributed by atoms with Crippen LogP contribution in [0.1, 0.15) is 19.4 Å². The molecule has 3 rings (SSSR count). The second-order valence-corrected chi connectivity index (χ2v) is 6.53. The molecule has 0 amide bonds. The molecule has 1 aromatic carbocycles. The number of nitrogens with zero attached hydrogens (tertiary/aromatic N) is 5. The topological polar surface area (TPSA) is 82.8 Å². The summed E-state index contributed by atoms with van der Waals surface area (Å²) in [6.45, 7) is 4.02. The number of hydrogen-bond acceptors (Lipinski definition) is 7. The summed E-state index contributed by atoms with van der Waals surface area (Å²) in [4.78, 5) is 20.2. The van der Waals surface area contributed by atoms with E-state index in [1.165, 1.54) is 28.8 Å². The molecule has 0 aliphatic rings. The number of esters is 1. The lowest BCUT2D eigenvalue weighted by Crippen LogP contribution is -2.16. The minimum absolute atomic E-state index is 0.206. The Balaban J connectivity index is 1.87. The van der Waals surface area contributed by atoms with Crippen LogP contribution in [0.25, 0.3) is 11.2 Å². The molecule has 2 heterocycles. The Kier molecular flexibility index (Phi) is 5.22. The average molecular weight is 361 g/mol. The van der Waals surface area contributed by atoms with Crippen LogP contribution in [0, 0.1) is 5.82 Å². The predicted octanol–water partition coefficient (Wildman–Crippen LogP) is 2.45. The molecular formula is C16H16FN5O2S. The van der Waals surface area contributed by atoms with Crippen molar-refractivity contribution in [3.05, 3.63) is 42.0 Å². The summed E-state index contributed by atoms with van der Waals surface area (Å²) < 4.78 is 20.4. The summed E-state index contributed by atoms with van der Waals surface area (Å²) in [5.41, 5.74) is 1.44. The van der Waals surface area contributed by atoms with Crippen molar-refractivity contribution in [1.29, 1.82) is 0 Å². The molecule has 0 radical (unpaired) electrons. The Labute approximate surface area is 147 Å². The van der Waals surface area contributed by atoms with E-state index < -0.39 is 5.25 Å². The number of ether oxygens (including phenoxy) is 1. The van der Waals surface area contributed by atoms with Crippen molar-refractivity contribution in [3.63, 3.8) is 0 Å². The van der Waals surface area contributed by atoms with E-state index in [1.54, 1.807) is 32.0 Å². The third-order valence-electron chi connectivity index (χ3n) is 3.45. The maximum atomic E-state index is 13.8. The predicted molar refractivity (Wildman–Crippen MR) is 90.6 cm³/mol. The van der Waals surface area contributed by atoms with Gasteiger partial charge in [0.15, 0.2) is 11.2 Å². The number of benzene rings is 1. The zero-order valence-corrected chi connectivity index (χ0v) is 14.5. The molecule has 0 unspecified atom stereocenters. The highest BCUT2D eigenvalue weighted by Gasteiger charge is 2.20. The van der Waals surface area contributed by atoms with E-state index in [1.807, 2.05) is 0 Å². The van der Waals surface area contributed by atoms with Crippen molar-refractivity contribution >= 4 is 28.9 Å². The number of fused-ring (bicyclic) bond motifs is 1. The third kappa shape index (κ3) is 3.76. The standard InChI is InChI=1S/C16H16FN5O2S/c1-3-24-16(23)10(2)25-15-13-14(18-9-19-15)22(21-20-13)8-11-6-4-5-7-12(11)17/h4-7,9-10H,3,8H2,1-2H3/t10-/m1/s1. The summed E-state index contributed by atoms with van der Waals surface area (Å²) in [7, 11) is 0. The lowest BCUT2D eigenvalue weighted by Gasteiger charge is -2.09. The smallest absolute Gasteiger partial charge is 0.319 e. The first kappa shape index (κ1) is 17.3. The molecule has 0 bridgehead atoms. The summed E-state index contributed by atoms with van der Waals surface area (Å²) in [6.07, 6.45) is 1.38. The Bertz CT molecular complexity index is 901. The molecular weight excluding hydrogens is 345 g/mol. The van der Waals surface area contributed by atoms with Gasteiger partial charge in [-0.2, -0.15) is 0 Å². The van der Waals surface area contributed by atoms with E-state index in [4.69, 9.17) is 4.74 Å². The maximum absolute atomic E-state index is 13.8. The van der Waals surface area contributed by atoms with Crippen molar-refractivity contribution in [2.24, 2.45) is 0 Å². The van der Waals surface area contributed by atoms with Gasteiger partial charge in [0.25, 0.3) is 0 Å². The number of aromatic nitrogens is 5. The summed E-state index contributed by atoms with van der Waals surface area (Å²) >= 11 is 1.23. The fourth-order valence-electron chi connectivity index (χ4n) is 2.23. The molecule has 130 valence electrons. The van der Waals surface area contributed by atoms with Crippen LogP contribution in [0.2, 0.25) is 0 Å². The van der Waals surface area contributed by atoms with Crippen LogP contribution in [-0.2, 0) is 16.1 Å². The monoisotopic (exact) mass is 361 g/mol. The molecule has 0 aliphatic carbocycles. The van der Waals surface area contributed by atoms with Crippen LogP contribution in [0.15, 0.2) is 35.6 Å².